The van der Waals surface area contributed by atoms with Gasteiger partial charge in [-0.3, -0.25) is 4.18 Å². The zero-order valence-corrected chi connectivity index (χ0v) is 11.1. The van der Waals surface area contributed by atoms with Crippen molar-refractivity contribution in [2.24, 2.45) is 0 Å². The van der Waals surface area contributed by atoms with Crippen LogP contribution in [0.25, 0.3) is 0 Å². The molecular weight excluding hydrogens is 244 g/mol. The maximum atomic E-state index is 11.0. The molecule has 1 atom stereocenters. The predicted octanol–water partition coefficient (Wildman–Crippen LogP) is 1.74. The van der Waals surface area contributed by atoms with E-state index in [4.69, 9.17) is 13.7 Å². The molecule has 17 heavy (non-hydrogen) atoms. The summed E-state index contributed by atoms with van der Waals surface area (Å²) in [5.41, 5.74) is 0.702. The summed E-state index contributed by atoms with van der Waals surface area (Å²) in [4.78, 5) is 0. The Hall–Kier alpha value is -1.27. The Morgan fingerprint density at radius 1 is 1.12 bits per heavy atom. The third-order valence-corrected chi connectivity index (χ3v) is 2.83. The Labute approximate surface area is 101 Å². The minimum absolute atomic E-state index is 0.536. The molecule has 0 fully saturated rings. The minimum atomic E-state index is -3.48. The monoisotopic (exact) mass is 260 g/mol. The molecule has 6 heteroatoms. The fourth-order valence-electron chi connectivity index (χ4n) is 1.42. The second kappa shape index (κ2) is 5.37. The van der Waals surface area contributed by atoms with Gasteiger partial charge >= 0.3 is 0 Å². The number of methoxy groups -OCH3 is 2. The van der Waals surface area contributed by atoms with Crippen LogP contribution in [0.5, 0.6) is 11.5 Å². The molecule has 5 nitrogen and oxygen atoms in total. The lowest BCUT2D eigenvalue weighted by molar-refractivity contribution is 0.235. The number of benzene rings is 1. The Bertz CT molecular complexity index is 481. The van der Waals surface area contributed by atoms with Crippen molar-refractivity contribution in [3.05, 3.63) is 23.8 Å². The van der Waals surface area contributed by atoms with E-state index in [-0.39, 0.29) is 0 Å². The van der Waals surface area contributed by atoms with Gasteiger partial charge in [-0.2, -0.15) is 8.42 Å². The van der Waals surface area contributed by atoms with Gasteiger partial charge in [-0.1, -0.05) is 6.07 Å². The lowest BCUT2D eigenvalue weighted by Crippen LogP contribution is -2.07. The Morgan fingerprint density at radius 2 is 1.71 bits per heavy atom. The van der Waals surface area contributed by atoms with Crippen LogP contribution in [-0.4, -0.2) is 28.9 Å². The Morgan fingerprint density at radius 3 is 2.18 bits per heavy atom. The second-order valence-corrected chi connectivity index (χ2v) is 5.16. The van der Waals surface area contributed by atoms with Gasteiger partial charge in [0.05, 0.1) is 26.6 Å². The summed E-state index contributed by atoms with van der Waals surface area (Å²) in [6, 6.07) is 5.13. The highest BCUT2D eigenvalue weighted by Gasteiger charge is 2.14. The van der Waals surface area contributed by atoms with Crippen LogP contribution >= 0.6 is 0 Å². The van der Waals surface area contributed by atoms with Gasteiger partial charge in [-0.15, -0.1) is 0 Å². The van der Waals surface area contributed by atoms with E-state index >= 15 is 0 Å². The van der Waals surface area contributed by atoms with E-state index in [1.807, 2.05) is 0 Å². The van der Waals surface area contributed by atoms with E-state index < -0.39 is 16.2 Å². The summed E-state index contributed by atoms with van der Waals surface area (Å²) < 4.78 is 37.1. The van der Waals surface area contributed by atoms with E-state index in [0.717, 1.165) is 6.26 Å². The Kier molecular flexibility index (Phi) is 4.36. The van der Waals surface area contributed by atoms with Crippen molar-refractivity contribution in [3.8, 4) is 11.5 Å². The first-order valence-electron chi connectivity index (χ1n) is 4.97. The fourth-order valence-corrected chi connectivity index (χ4v) is 2.06. The van der Waals surface area contributed by atoms with Gasteiger partial charge in [0.25, 0.3) is 10.1 Å². The van der Waals surface area contributed by atoms with Gasteiger partial charge in [0.2, 0.25) is 0 Å². The van der Waals surface area contributed by atoms with Gasteiger partial charge in [0.15, 0.2) is 11.5 Å². The summed E-state index contributed by atoms with van der Waals surface area (Å²) in [7, 11) is -0.426. The molecule has 0 aliphatic rings. The SMILES string of the molecule is COc1ccc(C(C)OS(C)(=O)=O)cc1OC. The smallest absolute Gasteiger partial charge is 0.264 e. The molecule has 0 radical (unpaired) electrons. The van der Waals surface area contributed by atoms with Gasteiger partial charge in [0.1, 0.15) is 0 Å². The largest absolute Gasteiger partial charge is 0.493 e. The normalized spacial score (nSPS) is 13.2. The van der Waals surface area contributed by atoms with Crippen LogP contribution in [0.4, 0.5) is 0 Å². The molecule has 0 N–H and O–H groups in total. The molecule has 96 valence electrons. The van der Waals surface area contributed by atoms with E-state index in [9.17, 15) is 8.42 Å². The van der Waals surface area contributed by atoms with Crippen LogP contribution < -0.4 is 9.47 Å². The third-order valence-electron chi connectivity index (χ3n) is 2.20. The molecule has 1 aromatic rings. The molecule has 1 unspecified atom stereocenters. The number of hydrogen-bond acceptors (Lipinski definition) is 5. The molecule has 0 aliphatic carbocycles. The standard InChI is InChI=1S/C11H16O5S/c1-8(16-17(4,12)13)9-5-6-10(14-2)11(7-9)15-3/h5-8H,1-4H3. The zero-order valence-electron chi connectivity index (χ0n) is 10.3. The quantitative estimate of drug-likeness (QED) is 0.755. The minimum Gasteiger partial charge on any atom is -0.493 e. The second-order valence-electron chi connectivity index (χ2n) is 3.56. The molecule has 0 aromatic heterocycles. The zero-order chi connectivity index (χ0) is 13.1. The summed E-state index contributed by atoms with van der Waals surface area (Å²) in [6.07, 6.45) is 0.453. The number of ether oxygens (including phenoxy) is 2. The molecule has 0 spiro atoms. The highest BCUT2D eigenvalue weighted by atomic mass is 32.2. The highest BCUT2D eigenvalue weighted by molar-refractivity contribution is 7.86. The maximum absolute atomic E-state index is 11.0. The molecule has 0 aliphatic heterocycles. The van der Waals surface area contributed by atoms with E-state index in [1.54, 1.807) is 25.1 Å². The number of hydrogen-bond donors (Lipinski definition) is 0. The maximum Gasteiger partial charge on any atom is 0.264 e. The lowest BCUT2D eigenvalue weighted by Gasteiger charge is -2.14. The van der Waals surface area contributed by atoms with Crippen LogP contribution in [0.1, 0.15) is 18.6 Å². The summed E-state index contributed by atoms with van der Waals surface area (Å²) in [5.74, 6) is 1.12. The first-order chi connectivity index (χ1) is 7.87. The summed E-state index contributed by atoms with van der Waals surface area (Å²) >= 11 is 0. The molecule has 0 heterocycles. The van der Waals surface area contributed by atoms with Crippen molar-refractivity contribution in [2.45, 2.75) is 13.0 Å². The topological polar surface area (TPSA) is 61.8 Å². The summed E-state index contributed by atoms with van der Waals surface area (Å²) in [6.45, 7) is 1.66. The van der Waals surface area contributed by atoms with Crippen LogP contribution in [0.3, 0.4) is 0 Å². The lowest BCUT2D eigenvalue weighted by atomic mass is 10.1. The third kappa shape index (κ3) is 3.90. The highest BCUT2D eigenvalue weighted by Crippen LogP contribution is 2.31. The van der Waals surface area contributed by atoms with Crippen molar-refractivity contribution in [1.29, 1.82) is 0 Å². The first kappa shape index (κ1) is 13.8. The molecule has 0 amide bonds. The van der Waals surface area contributed by atoms with Crippen LogP contribution in [-0.2, 0) is 14.3 Å². The average Bonchev–Trinajstić information content (AvgIpc) is 2.25. The van der Waals surface area contributed by atoms with Crippen LogP contribution in [0, 0.1) is 0 Å². The summed E-state index contributed by atoms with van der Waals surface area (Å²) in [5, 5.41) is 0. The predicted molar refractivity (Wildman–Crippen MR) is 63.9 cm³/mol. The molecule has 1 rings (SSSR count). The Balaban J connectivity index is 2.99. The van der Waals surface area contributed by atoms with Gasteiger partial charge in [-0.25, -0.2) is 0 Å². The van der Waals surface area contributed by atoms with Gasteiger partial charge in [0, 0.05) is 0 Å². The van der Waals surface area contributed by atoms with E-state index in [2.05, 4.69) is 0 Å². The van der Waals surface area contributed by atoms with Crippen LogP contribution in [0.2, 0.25) is 0 Å². The van der Waals surface area contributed by atoms with Crippen LogP contribution in [0.15, 0.2) is 18.2 Å². The molecular formula is C11H16O5S. The fraction of sp³-hybridized carbons (Fsp3) is 0.455. The molecule has 0 saturated heterocycles. The molecule has 1 aromatic carbocycles. The van der Waals surface area contributed by atoms with Crippen molar-refractivity contribution < 1.29 is 22.1 Å². The van der Waals surface area contributed by atoms with E-state index in [1.165, 1.54) is 14.2 Å². The first-order valence-corrected chi connectivity index (χ1v) is 6.79. The molecule has 0 saturated carbocycles. The van der Waals surface area contributed by atoms with Crippen molar-refractivity contribution in [1.82, 2.24) is 0 Å². The van der Waals surface area contributed by atoms with Crippen molar-refractivity contribution in [2.75, 3.05) is 20.5 Å². The average molecular weight is 260 g/mol. The number of rotatable bonds is 5. The van der Waals surface area contributed by atoms with Gasteiger partial charge < -0.3 is 9.47 Å². The van der Waals surface area contributed by atoms with Crippen molar-refractivity contribution in [3.63, 3.8) is 0 Å². The van der Waals surface area contributed by atoms with Crippen molar-refractivity contribution >= 4 is 10.1 Å². The molecule has 0 bridgehead atoms. The van der Waals surface area contributed by atoms with E-state index in [0.29, 0.717) is 17.1 Å². The van der Waals surface area contributed by atoms with Gasteiger partial charge in [-0.05, 0) is 24.6 Å².